The average molecular weight is 295 g/mol. The van der Waals surface area contributed by atoms with E-state index in [4.69, 9.17) is 11.5 Å². The molecule has 0 fully saturated rings. The van der Waals surface area contributed by atoms with Gasteiger partial charge in [-0.1, -0.05) is 0 Å². The Morgan fingerprint density at radius 1 is 0.867 bits per heavy atom. The quantitative estimate of drug-likeness (QED) is 0.215. The van der Waals surface area contributed by atoms with Gasteiger partial charge in [-0.15, -0.1) is 0 Å². The first-order valence-corrected chi connectivity index (χ1v) is 4.44. The molecule has 0 aliphatic carbocycles. The first kappa shape index (κ1) is 20.0. The van der Waals surface area contributed by atoms with Gasteiger partial charge < -0.3 is 46.7 Å². The van der Waals surface area contributed by atoms with Crippen molar-refractivity contribution >= 4 is 35.6 Å². The van der Waals surface area contributed by atoms with Crippen molar-refractivity contribution in [3.8, 4) is 0 Å². The molecule has 4 N–H and O–H groups in total. The molecule has 0 heterocycles. The zero-order chi connectivity index (χ0) is 11.7. The summed E-state index contributed by atoms with van der Waals surface area (Å²) in [6, 6.07) is 0. The van der Waals surface area contributed by atoms with Crippen LogP contribution in [0.3, 0.4) is 0 Å². The van der Waals surface area contributed by atoms with Crippen LogP contribution in [-0.2, 0) is 41.7 Å². The van der Waals surface area contributed by atoms with E-state index in [0.29, 0.717) is 0 Å². The van der Waals surface area contributed by atoms with Gasteiger partial charge in [-0.2, -0.15) is 10.2 Å². The fourth-order valence-electron chi connectivity index (χ4n) is 0.394. The van der Waals surface area contributed by atoms with Gasteiger partial charge in [0.15, 0.2) is 0 Å². The van der Waals surface area contributed by atoms with E-state index in [2.05, 4.69) is 35.5 Å². The van der Waals surface area contributed by atoms with Crippen LogP contribution < -0.4 is 11.5 Å². The molecule has 0 aliphatic heterocycles. The van der Waals surface area contributed by atoms with E-state index >= 15 is 0 Å². The monoisotopic (exact) mass is 294 g/mol. The van der Waals surface area contributed by atoms with Crippen LogP contribution in [0.5, 0.6) is 0 Å². The van der Waals surface area contributed by atoms with Gasteiger partial charge in [0.2, 0.25) is 0 Å². The maximum absolute atomic E-state index is 5.02. The molecule has 9 heteroatoms. The van der Waals surface area contributed by atoms with Crippen molar-refractivity contribution in [2.45, 2.75) is 0 Å². The normalized spacial score (nSPS) is 10.7. The Morgan fingerprint density at radius 2 is 1.07 bits per heavy atom. The minimum absolute atomic E-state index is 0. The molecular formula is C6H16N6NiS2-2. The Balaban J connectivity index is -0.000000180. The number of amidine groups is 2. The van der Waals surface area contributed by atoms with Crippen LogP contribution >= 0.6 is 0 Å². The summed E-state index contributed by atoms with van der Waals surface area (Å²) in [7, 11) is 7.05. The molecule has 0 aromatic rings. The van der Waals surface area contributed by atoms with Gasteiger partial charge in [0, 0.05) is 44.7 Å². The van der Waals surface area contributed by atoms with E-state index in [9.17, 15) is 0 Å². The van der Waals surface area contributed by atoms with Crippen molar-refractivity contribution in [3.63, 3.8) is 0 Å². The van der Waals surface area contributed by atoms with Crippen LogP contribution in [0.2, 0.25) is 0 Å². The number of hydrazone groups is 2. The van der Waals surface area contributed by atoms with Crippen molar-refractivity contribution in [1.29, 1.82) is 0 Å². The predicted molar refractivity (Wildman–Crippen MR) is 65.3 cm³/mol. The summed E-state index contributed by atoms with van der Waals surface area (Å²) in [4.78, 5) is 0. The molecule has 0 aromatic heterocycles. The summed E-state index contributed by atoms with van der Waals surface area (Å²) < 4.78 is 0. The summed E-state index contributed by atoms with van der Waals surface area (Å²) in [5, 5.41) is 10.7. The second-order valence-electron chi connectivity index (χ2n) is 2.57. The smallest absolute Gasteiger partial charge is 0.0244 e. The van der Waals surface area contributed by atoms with E-state index in [0.717, 1.165) is 0 Å². The fraction of sp³-hybridized carbons (Fsp3) is 0.667. The summed E-state index contributed by atoms with van der Waals surface area (Å²) >= 11 is 8.88. The second kappa shape index (κ2) is 11.5. The minimum atomic E-state index is 0. The summed E-state index contributed by atoms with van der Waals surface area (Å²) in [6.45, 7) is 0. The molecule has 0 atom stereocenters. The standard InChI is InChI=1S/2C3H9N3S.Ni/c2*1-6(2)5-3(4)7;/h2*1-2H3,(H3,4,5,7);/p-2. The molecule has 0 aliphatic rings. The van der Waals surface area contributed by atoms with Crippen LogP contribution in [0.1, 0.15) is 0 Å². The van der Waals surface area contributed by atoms with Crippen LogP contribution in [0.25, 0.3) is 0 Å². The van der Waals surface area contributed by atoms with Crippen LogP contribution in [0.4, 0.5) is 0 Å². The number of rotatable bonds is 2. The molecule has 94 valence electrons. The summed E-state index contributed by atoms with van der Waals surface area (Å²) in [5.74, 6) is 0. The first-order valence-electron chi connectivity index (χ1n) is 3.62. The third-order valence-corrected chi connectivity index (χ3v) is 0.760. The van der Waals surface area contributed by atoms with Crippen molar-refractivity contribution in [2.24, 2.45) is 21.7 Å². The van der Waals surface area contributed by atoms with E-state index in [1.54, 1.807) is 38.2 Å². The number of nitrogens with two attached hydrogens (primary N) is 2. The zero-order valence-electron chi connectivity index (χ0n) is 9.08. The molecular weight excluding hydrogens is 279 g/mol. The molecule has 0 rings (SSSR count). The van der Waals surface area contributed by atoms with Crippen molar-refractivity contribution < 1.29 is 16.5 Å². The van der Waals surface area contributed by atoms with Crippen molar-refractivity contribution in [1.82, 2.24) is 10.0 Å². The molecule has 0 unspecified atom stereocenters. The van der Waals surface area contributed by atoms with Crippen LogP contribution in [0, 0.1) is 0 Å². The van der Waals surface area contributed by atoms with Gasteiger partial charge in [0.25, 0.3) is 0 Å². The molecule has 0 saturated carbocycles. The molecule has 0 spiro atoms. The Labute approximate surface area is 112 Å². The largest absolute Gasteiger partial charge is 0.741 e. The van der Waals surface area contributed by atoms with Gasteiger partial charge in [0.1, 0.15) is 0 Å². The molecule has 0 bridgehead atoms. The van der Waals surface area contributed by atoms with E-state index < -0.39 is 0 Å². The zero-order valence-corrected chi connectivity index (χ0v) is 11.7. The minimum Gasteiger partial charge on any atom is -0.741 e. The summed E-state index contributed by atoms with van der Waals surface area (Å²) in [6.07, 6.45) is 0. The van der Waals surface area contributed by atoms with E-state index in [1.165, 1.54) is 0 Å². The number of hydrogen-bond donors (Lipinski definition) is 2. The van der Waals surface area contributed by atoms with E-state index in [-0.39, 0.29) is 26.8 Å². The van der Waals surface area contributed by atoms with Crippen molar-refractivity contribution in [3.05, 3.63) is 0 Å². The topological polar surface area (TPSA) is 83.2 Å². The molecule has 0 amide bonds. The fourth-order valence-corrected chi connectivity index (χ4v) is 0.721. The maximum atomic E-state index is 5.02. The van der Waals surface area contributed by atoms with Gasteiger partial charge in [0.05, 0.1) is 0 Å². The van der Waals surface area contributed by atoms with Crippen LogP contribution in [0.15, 0.2) is 10.2 Å². The SMILES string of the molecule is CN(C)N=C(N)[S-].CN(C)N=C(N)[S-].[Ni]. The maximum Gasteiger partial charge on any atom is 0.0244 e. The third kappa shape index (κ3) is 31.8. The Hall–Kier alpha value is -0.526. The van der Waals surface area contributed by atoms with Crippen molar-refractivity contribution in [2.75, 3.05) is 28.2 Å². The van der Waals surface area contributed by atoms with Gasteiger partial charge >= 0.3 is 0 Å². The molecule has 0 radical (unpaired) electrons. The molecule has 6 nitrogen and oxygen atoms in total. The van der Waals surface area contributed by atoms with Gasteiger partial charge in [-0.25, -0.2) is 0 Å². The number of hydrogen-bond acceptors (Lipinski definition) is 6. The number of nitrogens with zero attached hydrogens (tertiary/aromatic N) is 4. The van der Waals surface area contributed by atoms with Crippen LogP contribution in [-0.4, -0.2) is 48.5 Å². The molecule has 15 heavy (non-hydrogen) atoms. The molecule has 0 aromatic carbocycles. The van der Waals surface area contributed by atoms with E-state index in [1.807, 2.05) is 0 Å². The average Bonchev–Trinajstić information content (AvgIpc) is 1.79. The predicted octanol–water partition coefficient (Wildman–Crippen LogP) is -1.35. The molecule has 0 saturated heterocycles. The Bertz CT molecular complexity index is 176. The summed E-state index contributed by atoms with van der Waals surface area (Å²) in [5.41, 5.74) is 10.0. The van der Waals surface area contributed by atoms with Gasteiger partial charge in [-0.05, 0) is 10.3 Å². The van der Waals surface area contributed by atoms with Gasteiger partial charge in [-0.3, -0.25) is 0 Å². The Kier molecular flexibility index (Phi) is 15.4. The Morgan fingerprint density at radius 3 is 1.07 bits per heavy atom. The third-order valence-electron chi connectivity index (χ3n) is 0.597. The second-order valence-corrected chi connectivity index (χ2v) is 3.41. The first-order chi connectivity index (χ1) is 6.25.